The third-order valence-corrected chi connectivity index (χ3v) is 6.68. The summed E-state index contributed by atoms with van der Waals surface area (Å²) in [6.07, 6.45) is 1.05. The van der Waals surface area contributed by atoms with Crippen LogP contribution in [0.3, 0.4) is 0 Å². The molecule has 0 radical (unpaired) electrons. The predicted molar refractivity (Wildman–Crippen MR) is 116 cm³/mol. The van der Waals surface area contributed by atoms with Crippen molar-refractivity contribution in [2.24, 2.45) is 0 Å². The summed E-state index contributed by atoms with van der Waals surface area (Å²) >= 11 is 1.31. The van der Waals surface area contributed by atoms with E-state index in [1.807, 2.05) is 34.7 Å². The Labute approximate surface area is 170 Å². The van der Waals surface area contributed by atoms with Crippen LogP contribution in [0.1, 0.15) is 16.8 Å². The van der Waals surface area contributed by atoms with Crippen molar-refractivity contribution in [1.29, 1.82) is 0 Å². The van der Waals surface area contributed by atoms with Gasteiger partial charge < -0.3 is 14.9 Å². The summed E-state index contributed by atoms with van der Waals surface area (Å²) in [6.45, 7) is 3.77. The van der Waals surface area contributed by atoms with E-state index in [0.717, 1.165) is 48.6 Å². The predicted octanol–water partition coefficient (Wildman–Crippen LogP) is 2.90. The summed E-state index contributed by atoms with van der Waals surface area (Å²) < 4.78 is 2.75. The largest absolute Gasteiger partial charge is 0.477 e. The van der Waals surface area contributed by atoms with Gasteiger partial charge in [0.25, 0.3) is 0 Å². The minimum absolute atomic E-state index is 0.190. The van der Waals surface area contributed by atoms with E-state index >= 15 is 0 Å². The number of pyridine rings is 2. The molecule has 4 aromatic rings. The molecule has 1 N–H and O–H groups in total. The molecule has 0 bridgehead atoms. The summed E-state index contributed by atoms with van der Waals surface area (Å²) in [5.41, 5.74) is 0.709. The van der Waals surface area contributed by atoms with Gasteiger partial charge in [0, 0.05) is 19.6 Å². The Morgan fingerprint density at radius 3 is 2.76 bits per heavy atom. The Hall–Kier alpha value is -2.97. The van der Waals surface area contributed by atoms with Gasteiger partial charge in [-0.3, -0.25) is 9.20 Å². The zero-order chi connectivity index (χ0) is 20.1. The quantitative estimate of drug-likeness (QED) is 0.550. The fraction of sp³-hybridized carbons (Fsp3) is 0.286. The molecule has 0 unspecified atom stereocenters. The molecular weight excluding hydrogens is 388 g/mol. The highest BCUT2D eigenvalue weighted by atomic mass is 32.1. The first-order valence-electron chi connectivity index (χ1n) is 9.58. The lowest BCUT2D eigenvalue weighted by atomic mass is 10.2. The van der Waals surface area contributed by atoms with E-state index in [0.29, 0.717) is 15.9 Å². The highest BCUT2D eigenvalue weighted by Gasteiger charge is 2.23. The summed E-state index contributed by atoms with van der Waals surface area (Å²) in [6, 6.07) is 11.2. The zero-order valence-electron chi connectivity index (χ0n) is 16.0. The van der Waals surface area contributed by atoms with Crippen LogP contribution in [0, 0.1) is 0 Å². The summed E-state index contributed by atoms with van der Waals surface area (Å²) in [5.74, 6) is -0.389. The van der Waals surface area contributed by atoms with E-state index in [-0.39, 0.29) is 5.56 Å². The normalized spacial score (nSPS) is 16.0. The molecule has 1 aromatic carbocycles. The van der Waals surface area contributed by atoms with Crippen LogP contribution in [0.15, 0.2) is 41.2 Å². The van der Waals surface area contributed by atoms with Crippen molar-refractivity contribution in [2.75, 3.05) is 38.1 Å². The van der Waals surface area contributed by atoms with Crippen LogP contribution < -0.4 is 10.3 Å². The maximum atomic E-state index is 13.0. The van der Waals surface area contributed by atoms with E-state index in [9.17, 15) is 14.7 Å². The Morgan fingerprint density at radius 1 is 1.10 bits per heavy atom. The van der Waals surface area contributed by atoms with Crippen LogP contribution >= 0.6 is 11.3 Å². The van der Waals surface area contributed by atoms with Gasteiger partial charge in [-0.2, -0.15) is 0 Å². The van der Waals surface area contributed by atoms with Gasteiger partial charge in [-0.1, -0.05) is 12.1 Å². The first-order valence-corrected chi connectivity index (χ1v) is 10.4. The fourth-order valence-electron chi connectivity index (χ4n) is 4.02. The average molecular weight is 408 g/mol. The molecular formula is C21H20N4O3S. The van der Waals surface area contributed by atoms with Crippen LogP contribution in [0.5, 0.6) is 0 Å². The third kappa shape index (κ3) is 2.87. The fourth-order valence-corrected chi connectivity index (χ4v) is 5.20. The lowest BCUT2D eigenvalue weighted by molar-refractivity contribution is 0.0697. The van der Waals surface area contributed by atoms with Gasteiger partial charge in [-0.25, -0.2) is 9.78 Å². The minimum Gasteiger partial charge on any atom is -0.477 e. The van der Waals surface area contributed by atoms with Crippen LogP contribution in [-0.4, -0.2) is 58.6 Å². The van der Waals surface area contributed by atoms with Crippen LogP contribution in [0.4, 0.5) is 5.82 Å². The van der Waals surface area contributed by atoms with E-state index in [1.54, 1.807) is 6.07 Å². The molecule has 3 aromatic heterocycles. The maximum absolute atomic E-state index is 13.0. The Morgan fingerprint density at radius 2 is 1.93 bits per heavy atom. The number of fused-ring (bicyclic) bond motifs is 5. The van der Waals surface area contributed by atoms with Crippen molar-refractivity contribution in [3.8, 4) is 0 Å². The number of thiazole rings is 1. The number of hydrogen-bond acceptors (Lipinski definition) is 6. The standard InChI is InChI=1S/C21H20N4O3S/c1-23-9-4-10-24(12-11-23)16-8-7-13-18(26)17(21(27)28)20-25(19(13)22-16)14-5-2-3-6-15(14)29-20/h2-3,5-8H,4,9-12H2,1H3,(H,27,28). The molecule has 148 valence electrons. The summed E-state index contributed by atoms with van der Waals surface area (Å²) in [4.78, 5) is 34.7. The molecule has 4 heterocycles. The van der Waals surface area contributed by atoms with Crippen molar-refractivity contribution in [1.82, 2.24) is 14.3 Å². The second-order valence-electron chi connectivity index (χ2n) is 7.40. The second kappa shape index (κ2) is 6.82. The van der Waals surface area contributed by atoms with E-state index in [1.165, 1.54) is 11.3 Å². The monoisotopic (exact) mass is 408 g/mol. The van der Waals surface area contributed by atoms with Crippen molar-refractivity contribution in [3.05, 3.63) is 52.2 Å². The molecule has 7 nitrogen and oxygen atoms in total. The number of likely N-dealkylation sites (N-methyl/N-ethyl adjacent to an activating group) is 1. The molecule has 0 atom stereocenters. The molecule has 5 rings (SSSR count). The zero-order valence-corrected chi connectivity index (χ0v) is 16.8. The molecule has 8 heteroatoms. The summed E-state index contributed by atoms with van der Waals surface area (Å²) in [7, 11) is 2.12. The summed E-state index contributed by atoms with van der Waals surface area (Å²) in [5, 5.41) is 10.1. The van der Waals surface area contributed by atoms with Gasteiger partial charge in [0.05, 0.1) is 15.6 Å². The number of hydrogen-bond donors (Lipinski definition) is 1. The molecule has 0 saturated carbocycles. The number of aromatic carboxylic acids is 1. The van der Waals surface area contributed by atoms with Gasteiger partial charge in [0.1, 0.15) is 16.2 Å². The Balaban J connectivity index is 1.83. The van der Waals surface area contributed by atoms with Crippen LogP contribution in [0.25, 0.3) is 26.1 Å². The smallest absolute Gasteiger partial charge is 0.342 e. The molecule has 0 spiro atoms. The highest BCUT2D eigenvalue weighted by Crippen LogP contribution is 2.31. The van der Waals surface area contributed by atoms with Crippen LogP contribution in [-0.2, 0) is 0 Å². The molecule has 0 amide bonds. The average Bonchev–Trinajstić information content (AvgIpc) is 2.95. The number of carbonyl (C=O) groups is 1. The number of para-hydroxylation sites is 1. The van der Waals surface area contributed by atoms with Crippen molar-refractivity contribution >= 4 is 49.2 Å². The number of carboxylic acid groups (broad SMARTS) is 1. The maximum Gasteiger partial charge on any atom is 0.342 e. The van der Waals surface area contributed by atoms with Crippen molar-refractivity contribution < 1.29 is 9.90 Å². The first-order chi connectivity index (χ1) is 14.0. The number of aromatic nitrogens is 2. The first kappa shape index (κ1) is 18.1. The van der Waals surface area contributed by atoms with E-state index in [2.05, 4.69) is 16.8 Å². The lowest BCUT2D eigenvalue weighted by Gasteiger charge is -2.22. The number of benzene rings is 1. The number of anilines is 1. The molecule has 29 heavy (non-hydrogen) atoms. The van der Waals surface area contributed by atoms with Gasteiger partial charge in [-0.05, 0) is 44.3 Å². The van der Waals surface area contributed by atoms with Crippen molar-refractivity contribution in [2.45, 2.75) is 6.42 Å². The van der Waals surface area contributed by atoms with Gasteiger partial charge in [0.2, 0.25) is 5.43 Å². The number of rotatable bonds is 2. The van der Waals surface area contributed by atoms with E-state index < -0.39 is 11.4 Å². The molecule has 0 aliphatic carbocycles. The topological polar surface area (TPSA) is 78.2 Å². The Bertz CT molecular complexity index is 1330. The van der Waals surface area contributed by atoms with Gasteiger partial charge >= 0.3 is 5.97 Å². The Kier molecular flexibility index (Phi) is 4.25. The third-order valence-electron chi connectivity index (χ3n) is 5.53. The molecule has 1 aliphatic rings. The van der Waals surface area contributed by atoms with E-state index in [4.69, 9.17) is 4.98 Å². The molecule has 1 aliphatic heterocycles. The highest BCUT2D eigenvalue weighted by molar-refractivity contribution is 7.24. The number of nitrogens with zero attached hydrogens (tertiary/aromatic N) is 4. The van der Waals surface area contributed by atoms with Crippen LogP contribution in [0.2, 0.25) is 0 Å². The molecule has 1 saturated heterocycles. The second-order valence-corrected chi connectivity index (χ2v) is 8.43. The number of carboxylic acids is 1. The van der Waals surface area contributed by atoms with Gasteiger partial charge in [-0.15, -0.1) is 11.3 Å². The van der Waals surface area contributed by atoms with Gasteiger partial charge in [0.15, 0.2) is 5.65 Å². The van der Waals surface area contributed by atoms with Crippen molar-refractivity contribution in [3.63, 3.8) is 0 Å². The SMILES string of the molecule is CN1CCCN(c2ccc3c(=O)c(C(=O)O)c4sc5ccccc5n4c3n2)CC1. The lowest BCUT2D eigenvalue weighted by Crippen LogP contribution is -2.29. The molecule has 1 fully saturated rings. The minimum atomic E-state index is -1.21.